The first-order valence-corrected chi connectivity index (χ1v) is 11.0. The monoisotopic (exact) mass is 427 g/mol. The van der Waals surface area contributed by atoms with Crippen LogP contribution in [0.3, 0.4) is 0 Å². The van der Waals surface area contributed by atoms with Crippen LogP contribution in [0.25, 0.3) is 11.4 Å². The Morgan fingerprint density at radius 2 is 2.20 bits per heavy atom. The van der Waals surface area contributed by atoms with Crippen molar-refractivity contribution < 1.29 is 18.8 Å². The molecule has 0 aliphatic carbocycles. The van der Waals surface area contributed by atoms with E-state index >= 15 is 0 Å². The van der Waals surface area contributed by atoms with Crippen molar-refractivity contribution in [1.82, 2.24) is 15.0 Å². The molecule has 0 saturated carbocycles. The number of rotatable bonds is 9. The lowest BCUT2D eigenvalue weighted by Gasteiger charge is -2.15. The van der Waals surface area contributed by atoms with Gasteiger partial charge in [-0.05, 0) is 42.5 Å². The van der Waals surface area contributed by atoms with Gasteiger partial charge in [-0.2, -0.15) is 4.98 Å². The minimum Gasteiger partial charge on any atom is -0.493 e. The van der Waals surface area contributed by atoms with Crippen molar-refractivity contribution >= 4 is 17.2 Å². The topological polar surface area (TPSA) is 77.7 Å². The molecule has 30 heavy (non-hydrogen) atoms. The number of likely N-dealkylation sites (tertiary alicyclic amines) is 1. The Morgan fingerprint density at radius 1 is 1.30 bits per heavy atom. The number of ether oxygens (including phenoxy) is 2. The number of carbonyl (C=O) groups is 1. The smallest absolute Gasteiger partial charge is 0.232 e. The number of amides is 1. The maximum Gasteiger partial charge on any atom is 0.232 e. The Morgan fingerprint density at radius 3 is 2.97 bits per heavy atom. The average Bonchev–Trinajstić information content (AvgIpc) is 3.51. The van der Waals surface area contributed by atoms with Crippen LogP contribution in [0.1, 0.15) is 36.5 Å². The summed E-state index contributed by atoms with van der Waals surface area (Å²) in [6.07, 6.45) is 2.19. The summed E-state index contributed by atoms with van der Waals surface area (Å²) in [5.74, 6) is 2.36. The lowest BCUT2D eigenvalue weighted by molar-refractivity contribution is -0.127. The van der Waals surface area contributed by atoms with Crippen LogP contribution in [0, 0.1) is 0 Å². The number of carbonyl (C=O) groups excluding carboxylic acids is 1. The van der Waals surface area contributed by atoms with Gasteiger partial charge in [0.15, 0.2) is 11.5 Å². The van der Waals surface area contributed by atoms with Crippen molar-refractivity contribution in [3.8, 4) is 22.9 Å². The van der Waals surface area contributed by atoms with Gasteiger partial charge in [0.25, 0.3) is 0 Å². The Hall–Kier alpha value is -2.87. The number of benzene rings is 1. The molecule has 1 amide bonds. The summed E-state index contributed by atoms with van der Waals surface area (Å²) in [5, 5.41) is 6.18. The Kier molecular flexibility index (Phi) is 6.32. The molecule has 0 radical (unpaired) electrons. The number of thiophene rings is 1. The lowest BCUT2D eigenvalue weighted by atomic mass is 10.1. The normalized spacial score (nSPS) is 16.3. The van der Waals surface area contributed by atoms with Gasteiger partial charge in [-0.15, -0.1) is 11.3 Å². The molecular weight excluding hydrogens is 402 g/mol. The minimum absolute atomic E-state index is 0.0730. The Balaban J connectivity index is 1.43. The molecule has 3 aromatic rings. The Bertz CT molecular complexity index is 986. The lowest BCUT2D eigenvalue weighted by Crippen LogP contribution is -2.27. The van der Waals surface area contributed by atoms with E-state index in [0.29, 0.717) is 49.3 Å². The van der Waals surface area contributed by atoms with Gasteiger partial charge in [-0.1, -0.05) is 18.1 Å². The SMILES string of the molecule is CCCOc1ccc(-c2noc(C3CC(=O)N(CCc4cccs4)C3)n2)cc1OC. The highest BCUT2D eigenvalue weighted by Crippen LogP contribution is 2.33. The number of nitrogens with zero attached hydrogens (tertiary/aromatic N) is 3. The van der Waals surface area contributed by atoms with Gasteiger partial charge in [-0.25, -0.2) is 0 Å². The van der Waals surface area contributed by atoms with Crippen LogP contribution in [-0.4, -0.2) is 47.8 Å². The fourth-order valence-electron chi connectivity index (χ4n) is 3.51. The minimum atomic E-state index is -0.0730. The third-order valence-electron chi connectivity index (χ3n) is 5.10. The van der Waals surface area contributed by atoms with Crippen molar-refractivity contribution in [2.75, 3.05) is 26.8 Å². The van der Waals surface area contributed by atoms with Crippen LogP contribution in [0.4, 0.5) is 0 Å². The van der Waals surface area contributed by atoms with Gasteiger partial charge in [0.2, 0.25) is 17.6 Å². The molecule has 1 aliphatic rings. The first-order valence-electron chi connectivity index (χ1n) is 10.1. The van der Waals surface area contributed by atoms with Crippen LogP contribution in [0.5, 0.6) is 11.5 Å². The van der Waals surface area contributed by atoms with E-state index in [1.165, 1.54) is 4.88 Å². The third kappa shape index (κ3) is 4.48. The molecule has 0 bridgehead atoms. The summed E-state index contributed by atoms with van der Waals surface area (Å²) >= 11 is 1.72. The molecule has 1 aromatic carbocycles. The van der Waals surface area contributed by atoms with Crippen molar-refractivity contribution in [2.24, 2.45) is 0 Å². The van der Waals surface area contributed by atoms with E-state index in [-0.39, 0.29) is 11.8 Å². The quantitative estimate of drug-likeness (QED) is 0.510. The van der Waals surface area contributed by atoms with E-state index in [1.54, 1.807) is 18.4 Å². The molecule has 8 heteroatoms. The molecule has 7 nitrogen and oxygen atoms in total. The van der Waals surface area contributed by atoms with E-state index < -0.39 is 0 Å². The van der Waals surface area contributed by atoms with E-state index in [9.17, 15) is 4.79 Å². The second-order valence-corrected chi connectivity index (χ2v) is 8.27. The maximum absolute atomic E-state index is 12.4. The van der Waals surface area contributed by atoms with Gasteiger partial charge in [-0.3, -0.25) is 4.79 Å². The predicted octanol–water partition coefficient (Wildman–Crippen LogP) is 4.15. The number of hydrogen-bond acceptors (Lipinski definition) is 7. The van der Waals surface area contributed by atoms with Crippen LogP contribution in [-0.2, 0) is 11.2 Å². The van der Waals surface area contributed by atoms with E-state index in [2.05, 4.69) is 28.5 Å². The van der Waals surface area contributed by atoms with Crippen molar-refractivity contribution in [3.63, 3.8) is 0 Å². The number of aromatic nitrogens is 2. The largest absolute Gasteiger partial charge is 0.493 e. The summed E-state index contributed by atoms with van der Waals surface area (Å²) in [6, 6.07) is 9.71. The summed E-state index contributed by atoms with van der Waals surface area (Å²) in [5.41, 5.74) is 0.782. The zero-order valence-corrected chi connectivity index (χ0v) is 18.0. The van der Waals surface area contributed by atoms with E-state index in [4.69, 9.17) is 14.0 Å². The highest BCUT2D eigenvalue weighted by atomic mass is 32.1. The fourth-order valence-corrected chi connectivity index (χ4v) is 4.21. The number of hydrogen-bond donors (Lipinski definition) is 0. The van der Waals surface area contributed by atoms with Crippen molar-refractivity contribution in [1.29, 1.82) is 0 Å². The second-order valence-electron chi connectivity index (χ2n) is 7.24. The molecule has 158 valence electrons. The Labute approximate surface area is 179 Å². The van der Waals surface area contributed by atoms with E-state index in [1.807, 2.05) is 29.2 Å². The highest BCUT2D eigenvalue weighted by Gasteiger charge is 2.34. The van der Waals surface area contributed by atoms with Crippen LogP contribution in [0.2, 0.25) is 0 Å². The highest BCUT2D eigenvalue weighted by molar-refractivity contribution is 7.09. The van der Waals surface area contributed by atoms with E-state index in [0.717, 1.165) is 18.4 Å². The molecule has 1 fully saturated rings. The predicted molar refractivity (Wildman–Crippen MR) is 114 cm³/mol. The second kappa shape index (κ2) is 9.30. The molecule has 0 spiro atoms. The number of methoxy groups -OCH3 is 1. The summed E-state index contributed by atoms with van der Waals surface area (Å²) in [7, 11) is 1.61. The molecule has 1 saturated heterocycles. The average molecular weight is 428 g/mol. The zero-order chi connectivity index (χ0) is 20.9. The molecule has 1 unspecified atom stereocenters. The van der Waals surface area contributed by atoms with Gasteiger partial charge < -0.3 is 18.9 Å². The van der Waals surface area contributed by atoms with Gasteiger partial charge in [0.05, 0.1) is 19.6 Å². The molecule has 4 rings (SSSR count). The molecule has 0 N–H and O–H groups in total. The first kappa shape index (κ1) is 20.4. The standard InChI is InChI=1S/C22H25N3O4S/c1-3-10-28-18-7-6-15(12-19(18)27-2)21-23-22(29-24-21)16-13-20(26)25(14-16)9-8-17-5-4-11-30-17/h4-7,11-12,16H,3,8-10,13-14H2,1-2H3. The van der Waals surface area contributed by atoms with Crippen LogP contribution >= 0.6 is 11.3 Å². The third-order valence-corrected chi connectivity index (χ3v) is 6.03. The summed E-state index contributed by atoms with van der Waals surface area (Å²) in [6.45, 7) is 4.01. The maximum atomic E-state index is 12.4. The van der Waals surface area contributed by atoms with Gasteiger partial charge in [0.1, 0.15) is 0 Å². The molecular formula is C22H25N3O4S. The zero-order valence-electron chi connectivity index (χ0n) is 17.2. The van der Waals surface area contributed by atoms with Crippen molar-refractivity contribution in [2.45, 2.75) is 32.1 Å². The molecule has 1 atom stereocenters. The summed E-state index contributed by atoms with van der Waals surface area (Å²) < 4.78 is 16.6. The molecule has 2 aromatic heterocycles. The molecule has 1 aliphatic heterocycles. The fraction of sp³-hybridized carbons (Fsp3) is 0.409. The summed E-state index contributed by atoms with van der Waals surface area (Å²) in [4.78, 5) is 20.1. The molecule has 3 heterocycles. The van der Waals surface area contributed by atoms with Crippen LogP contribution in [0.15, 0.2) is 40.2 Å². The van der Waals surface area contributed by atoms with Crippen molar-refractivity contribution in [3.05, 3.63) is 46.5 Å². The first-order chi connectivity index (χ1) is 14.7. The van der Waals surface area contributed by atoms with Crippen LogP contribution < -0.4 is 9.47 Å². The van der Waals surface area contributed by atoms with Gasteiger partial charge in [0, 0.05) is 30.0 Å². The van der Waals surface area contributed by atoms with Gasteiger partial charge >= 0.3 is 0 Å².